The van der Waals surface area contributed by atoms with Crippen molar-refractivity contribution >= 4 is 47.5 Å². The van der Waals surface area contributed by atoms with Gasteiger partial charge in [0.05, 0.1) is 11.2 Å². The van der Waals surface area contributed by atoms with Gasteiger partial charge in [-0.05, 0) is 17.7 Å². The van der Waals surface area contributed by atoms with Crippen molar-refractivity contribution in [2.75, 3.05) is 30.5 Å². The molecule has 1 atom stereocenters. The van der Waals surface area contributed by atoms with Gasteiger partial charge in [-0.15, -0.1) is 35.9 Å². The van der Waals surface area contributed by atoms with Gasteiger partial charge in [-0.25, -0.2) is 0 Å². The van der Waals surface area contributed by atoms with Crippen LogP contribution >= 0.6 is 35.9 Å². The molecule has 3 N–H and O–H groups in total. The Labute approximate surface area is 134 Å². The fraction of sp³-hybridized carbons (Fsp3) is 0.462. The van der Waals surface area contributed by atoms with Crippen LogP contribution in [0.3, 0.4) is 0 Å². The number of carbonyl (C=O) groups excluding carboxylic acids is 1. The number of ether oxygens (including phenoxy) is 1. The summed E-state index contributed by atoms with van der Waals surface area (Å²) in [6.45, 7) is 0.222. The Morgan fingerprint density at radius 2 is 2.20 bits per heavy atom. The van der Waals surface area contributed by atoms with E-state index >= 15 is 0 Å². The number of halogens is 1. The quantitative estimate of drug-likeness (QED) is 0.866. The molecule has 0 spiro atoms. The third-order valence-electron chi connectivity index (χ3n) is 2.73. The van der Waals surface area contributed by atoms with Gasteiger partial charge in [0.1, 0.15) is 6.04 Å². The minimum Gasteiger partial charge on any atom is -0.383 e. The third-order valence-corrected chi connectivity index (χ3v) is 5.84. The highest BCUT2D eigenvalue weighted by molar-refractivity contribution is 8.19. The highest BCUT2D eigenvalue weighted by Gasteiger charge is 2.19. The molecule has 1 heterocycles. The van der Waals surface area contributed by atoms with E-state index in [1.165, 1.54) is 24.2 Å². The molecule has 112 valence electrons. The minimum absolute atomic E-state index is 0. The summed E-state index contributed by atoms with van der Waals surface area (Å²) in [4.78, 5) is 11.8. The van der Waals surface area contributed by atoms with Gasteiger partial charge in [0.2, 0.25) is 5.91 Å². The highest BCUT2D eigenvalue weighted by Crippen LogP contribution is 2.45. The lowest BCUT2D eigenvalue weighted by Gasteiger charge is -2.13. The van der Waals surface area contributed by atoms with Gasteiger partial charge in [0.15, 0.2) is 0 Å². The van der Waals surface area contributed by atoms with E-state index in [0.717, 1.165) is 5.69 Å². The zero-order valence-corrected chi connectivity index (χ0v) is 13.7. The lowest BCUT2D eigenvalue weighted by atomic mass is 10.2. The monoisotopic (exact) mass is 334 g/mol. The Hall–Kier alpha value is -0.400. The summed E-state index contributed by atoms with van der Waals surface area (Å²) < 4.78 is 5.35. The molecule has 0 saturated carbocycles. The second-order valence-corrected chi connectivity index (χ2v) is 6.97. The van der Waals surface area contributed by atoms with Crippen molar-refractivity contribution in [3.8, 4) is 0 Å². The smallest absolute Gasteiger partial charge is 0.243 e. The van der Waals surface area contributed by atoms with Crippen LogP contribution in [0, 0.1) is 0 Å². The number of thioether (sulfide) groups is 2. The van der Waals surface area contributed by atoms with Gasteiger partial charge < -0.3 is 15.8 Å². The van der Waals surface area contributed by atoms with Crippen molar-refractivity contribution in [1.29, 1.82) is 0 Å². The van der Waals surface area contributed by atoms with E-state index in [1.807, 2.05) is 41.7 Å². The SMILES string of the molecule is COCC(N)C(=O)Nc1cccc(C2SCCS2)c1.Cl. The molecular formula is C13H19ClN2O2S2. The number of rotatable bonds is 5. The van der Waals surface area contributed by atoms with Crippen LogP contribution in [0.25, 0.3) is 0 Å². The number of hydrogen-bond acceptors (Lipinski definition) is 5. The molecule has 7 heteroatoms. The van der Waals surface area contributed by atoms with Crippen LogP contribution in [0.4, 0.5) is 5.69 Å². The second kappa shape index (κ2) is 8.79. The van der Waals surface area contributed by atoms with Gasteiger partial charge >= 0.3 is 0 Å². The number of amides is 1. The number of anilines is 1. The lowest BCUT2D eigenvalue weighted by molar-refractivity contribution is -0.118. The first kappa shape index (κ1) is 17.7. The van der Waals surface area contributed by atoms with Crippen LogP contribution in [0.15, 0.2) is 24.3 Å². The third kappa shape index (κ3) is 4.86. The summed E-state index contributed by atoms with van der Waals surface area (Å²) in [6.07, 6.45) is 0. The van der Waals surface area contributed by atoms with Crippen molar-refractivity contribution in [3.05, 3.63) is 29.8 Å². The fourth-order valence-corrected chi connectivity index (χ4v) is 4.64. The van der Waals surface area contributed by atoms with Gasteiger partial charge in [-0.1, -0.05) is 12.1 Å². The molecule has 20 heavy (non-hydrogen) atoms. The van der Waals surface area contributed by atoms with Crippen LogP contribution in [-0.4, -0.2) is 37.2 Å². The predicted octanol–water partition coefficient (Wildman–Crippen LogP) is 2.50. The topological polar surface area (TPSA) is 64.3 Å². The largest absolute Gasteiger partial charge is 0.383 e. The summed E-state index contributed by atoms with van der Waals surface area (Å²) in [5.74, 6) is 2.15. The number of hydrogen-bond donors (Lipinski definition) is 2. The number of nitrogens with one attached hydrogen (secondary N) is 1. The molecule has 4 nitrogen and oxygen atoms in total. The summed E-state index contributed by atoms with van der Waals surface area (Å²) >= 11 is 3.89. The molecule has 1 unspecified atom stereocenters. The molecule has 1 fully saturated rings. The summed E-state index contributed by atoms with van der Waals surface area (Å²) in [5, 5.41) is 2.83. The maximum absolute atomic E-state index is 11.8. The zero-order valence-electron chi connectivity index (χ0n) is 11.2. The number of methoxy groups -OCH3 is 1. The maximum Gasteiger partial charge on any atom is 0.243 e. The molecule has 1 amide bonds. The Balaban J connectivity index is 0.00000200. The van der Waals surface area contributed by atoms with E-state index in [-0.39, 0.29) is 24.9 Å². The van der Waals surface area contributed by atoms with Gasteiger partial charge in [-0.2, -0.15) is 0 Å². The predicted molar refractivity (Wildman–Crippen MR) is 89.8 cm³/mol. The van der Waals surface area contributed by atoms with Crippen molar-refractivity contribution < 1.29 is 9.53 Å². The molecule has 2 rings (SSSR count). The first-order chi connectivity index (χ1) is 9.20. The average molecular weight is 335 g/mol. The summed E-state index contributed by atoms with van der Waals surface area (Å²) in [6, 6.07) is 7.33. The molecule has 1 aliphatic heterocycles. The average Bonchev–Trinajstić information content (AvgIpc) is 2.93. The van der Waals surface area contributed by atoms with E-state index < -0.39 is 6.04 Å². The van der Waals surface area contributed by atoms with Gasteiger partial charge in [0, 0.05) is 24.3 Å². The van der Waals surface area contributed by atoms with Crippen molar-refractivity contribution in [2.24, 2.45) is 5.73 Å². The second-order valence-electron chi connectivity index (χ2n) is 4.25. The summed E-state index contributed by atoms with van der Waals surface area (Å²) in [5.41, 5.74) is 7.73. The van der Waals surface area contributed by atoms with Crippen molar-refractivity contribution in [2.45, 2.75) is 10.6 Å². The van der Waals surface area contributed by atoms with E-state index in [1.54, 1.807) is 0 Å². The molecule has 1 saturated heterocycles. The van der Waals surface area contributed by atoms with Gasteiger partial charge in [-0.3, -0.25) is 4.79 Å². The van der Waals surface area contributed by atoms with Crippen LogP contribution in [-0.2, 0) is 9.53 Å². The standard InChI is InChI=1S/C13H18N2O2S2.ClH/c1-17-8-11(14)12(16)15-10-4-2-3-9(7-10)13-18-5-6-19-13;/h2-4,7,11,13H,5-6,8,14H2,1H3,(H,15,16);1H. The molecule has 0 aliphatic carbocycles. The van der Waals surface area contributed by atoms with E-state index in [0.29, 0.717) is 4.58 Å². The van der Waals surface area contributed by atoms with Crippen LogP contribution in [0.1, 0.15) is 10.1 Å². The first-order valence-electron chi connectivity index (χ1n) is 6.09. The molecular weight excluding hydrogens is 316 g/mol. The highest BCUT2D eigenvalue weighted by atomic mass is 35.5. The molecule has 1 aliphatic rings. The van der Waals surface area contributed by atoms with Gasteiger partial charge in [0.25, 0.3) is 0 Å². The minimum atomic E-state index is -0.635. The van der Waals surface area contributed by atoms with Crippen molar-refractivity contribution in [1.82, 2.24) is 0 Å². The molecule has 0 aromatic heterocycles. The molecule has 1 aromatic carbocycles. The molecule has 0 radical (unpaired) electrons. The van der Waals surface area contributed by atoms with E-state index in [2.05, 4.69) is 11.4 Å². The van der Waals surface area contributed by atoms with E-state index in [9.17, 15) is 4.79 Å². The first-order valence-corrected chi connectivity index (χ1v) is 8.19. The lowest BCUT2D eigenvalue weighted by Crippen LogP contribution is -2.39. The Morgan fingerprint density at radius 1 is 1.50 bits per heavy atom. The van der Waals surface area contributed by atoms with Crippen LogP contribution in [0.2, 0.25) is 0 Å². The Morgan fingerprint density at radius 3 is 2.85 bits per heavy atom. The number of carbonyl (C=O) groups is 1. The fourth-order valence-electron chi connectivity index (χ4n) is 1.80. The number of nitrogens with two attached hydrogens (primary N) is 1. The number of benzene rings is 1. The van der Waals surface area contributed by atoms with Crippen molar-refractivity contribution in [3.63, 3.8) is 0 Å². The van der Waals surface area contributed by atoms with Crippen LogP contribution < -0.4 is 11.1 Å². The molecule has 0 bridgehead atoms. The Bertz CT molecular complexity index is 442. The Kier molecular flexibility index (Phi) is 7.76. The normalized spacial score (nSPS) is 16.5. The zero-order chi connectivity index (χ0) is 13.7. The molecule has 1 aromatic rings. The van der Waals surface area contributed by atoms with Crippen LogP contribution in [0.5, 0.6) is 0 Å². The summed E-state index contributed by atoms with van der Waals surface area (Å²) in [7, 11) is 1.53. The maximum atomic E-state index is 11.8. The van der Waals surface area contributed by atoms with E-state index in [4.69, 9.17) is 10.5 Å².